The molecular formula is C9H7BF7O2-. The van der Waals surface area contributed by atoms with E-state index in [9.17, 15) is 30.5 Å². The Bertz CT molecular complexity index is 430. The zero-order chi connectivity index (χ0) is 14.7. The number of benzene rings is 1. The van der Waals surface area contributed by atoms with Crippen LogP contribution in [-0.2, 0) is 4.74 Å². The van der Waals surface area contributed by atoms with Gasteiger partial charge in [-0.3, -0.25) is 4.74 Å². The van der Waals surface area contributed by atoms with E-state index in [2.05, 4.69) is 9.47 Å². The van der Waals surface area contributed by atoms with Crippen molar-refractivity contribution >= 4 is 12.4 Å². The van der Waals surface area contributed by atoms with Gasteiger partial charge in [-0.1, -0.05) is 11.5 Å². The van der Waals surface area contributed by atoms with Gasteiger partial charge in [-0.05, 0) is 6.07 Å². The third-order valence-electron chi connectivity index (χ3n) is 1.94. The van der Waals surface area contributed by atoms with Gasteiger partial charge in [-0.15, -0.1) is 13.2 Å². The molecule has 1 aromatic carbocycles. The summed E-state index contributed by atoms with van der Waals surface area (Å²) in [5.74, 6) is -1.85. The largest absolute Gasteiger partial charge is 0.522 e. The van der Waals surface area contributed by atoms with E-state index in [-0.39, 0.29) is 5.75 Å². The summed E-state index contributed by atoms with van der Waals surface area (Å²) in [5, 5.41) is 0. The molecule has 0 saturated carbocycles. The van der Waals surface area contributed by atoms with Gasteiger partial charge >= 0.3 is 13.3 Å². The van der Waals surface area contributed by atoms with Gasteiger partial charge < -0.3 is 17.7 Å². The first-order valence-corrected chi connectivity index (χ1v) is 4.92. The van der Waals surface area contributed by atoms with Crippen molar-refractivity contribution in [1.29, 1.82) is 0 Å². The smallest absolute Gasteiger partial charge is 0.491 e. The van der Waals surface area contributed by atoms with Gasteiger partial charge in [0.1, 0.15) is 12.4 Å². The fourth-order valence-electron chi connectivity index (χ4n) is 1.18. The first kappa shape index (κ1) is 15.6. The maximum absolute atomic E-state index is 13.0. The lowest BCUT2D eigenvalue weighted by molar-refractivity contribution is -0.325. The molecule has 0 heterocycles. The summed E-state index contributed by atoms with van der Waals surface area (Å²) in [6, 6.07) is 1.74. The van der Waals surface area contributed by atoms with Crippen molar-refractivity contribution in [3.8, 4) is 5.75 Å². The fraction of sp³-hybridized carbons (Fsp3) is 0.333. The number of ether oxygens (including phenoxy) is 2. The number of halogens is 7. The Labute approximate surface area is 103 Å². The van der Waals surface area contributed by atoms with Gasteiger partial charge in [0.2, 0.25) is 0 Å². The minimum absolute atomic E-state index is 0.313. The molecular weight excluding hydrogens is 284 g/mol. The highest BCUT2D eigenvalue weighted by molar-refractivity contribution is 6.73. The summed E-state index contributed by atoms with van der Waals surface area (Å²) < 4.78 is 92.5. The molecule has 0 aromatic heterocycles. The van der Waals surface area contributed by atoms with E-state index in [0.717, 1.165) is 6.07 Å². The van der Waals surface area contributed by atoms with E-state index < -0.39 is 37.8 Å². The Morgan fingerprint density at radius 3 is 2.16 bits per heavy atom. The van der Waals surface area contributed by atoms with Crippen LogP contribution in [0.5, 0.6) is 5.75 Å². The molecule has 10 heteroatoms. The molecule has 0 amide bonds. The average molecular weight is 291 g/mol. The van der Waals surface area contributed by atoms with Crippen LogP contribution >= 0.6 is 0 Å². The van der Waals surface area contributed by atoms with Crippen LogP contribution in [0.1, 0.15) is 0 Å². The summed E-state index contributed by atoms with van der Waals surface area (Å²) in [6.07, 6.45) is -4.82. The van der Waals surface area contributed by atoms with Gasteiger partial charge in [-0.25, -0.2) is 4.39 Å². The summed E-state index contributed by atoms with van der Waals surface area (Å²) in [5.41, 5.74) is -1.42. The Morgan fingerprint density at radius 2 is 1.68 bits per heavy atom. The summed E-state index contributed by atoms with van der Waals surface area (Å²) in [7, 11) is 0. The van der Waals surface area contributed by atoms with Crippen LogP contribution in [0.25, 0.3) is 0 Å². The summed E-state index contributed by atoms with van der Waals surface area (Å²) in [6.45, 7) is -6.91. The lowest BCUT2D eigenvalue weighted by atomic mass is 9.80. The molecule has 0 aliphatic rings. The quantitative estimate of drug-likeness (QED) is 0.472. The van der Waals surface area contributed by atoms with Crippen LogP contribution in [0.15, 0.2) is 18.2 Å². The van der Waals surface area contributed by atoms with E-state index >= 15 is 0 Å². The standard InChI is InChI=1S/C9H7BF7O2/c11-8-5-6(1-2-7(8)10(15,16)17)18-3-4-19-9(12,13)14/h1-2,5H,3-4H2/q-1. The lowest BCUT2D eigenvalue weighted by Gasteiger charge is -2.16. The minimum atomic E-state index is -5.49. The van der Waals surface area contributed by atoms with E-state index in [1.165, 1.54) is 0 Å². The Morgan fingerprint density at radius 1 is 1.05 bits per heavy atom. The molecule has 0 aliphatic carbocycles. The molecule has 1 rings (SSSR count). The van der Waals surface area contributed by atoms with E-state index in [1.807, 2.05) is 0 Å². The predicted molar refractivity (Wildman–Crippen MR) is 52.6 cm³/mol. The molecule has 0 atom stereocenters. The highest BCUT2D eigenvalue weighted by Gasteiger charge is 2.29. The van der Waals surface area contributed by atoms with Crippen molar-refractivity contribution in [2.75, 3.05) is 13.2 Å². The topological polar surface area (TPSA) is 18.5 Å². The highest BCUT2D eigenvalue weighted by atomic mass is 19.4. The fourth-order valence-corrected chi connectivity index (χ4v) is 1.18. The average Bonchev–Trinajstić information content (AvgIpc) is 2.21. The van der Waals surface area contributed by atoms with Crippen LogP contribution in [-0.4, -0.2) is 26.6 Å². The van der Waals surface area contributed by atoms with Crippen molar-refractivity contribution in [2.45, 2.75) is 6.36 Å². The number of alkyl halides is 3. The molecule has 0 N–H and O–H groups in total. The van der Waals surface area contributed by atoms with E-state index in [0.29, 0.717) is 12.1 Å². The third-order valence-corrected chi connectivity index (χ3v) is 1.94. The lowest BCUT2D eigenvalue weighted by Crippen LogP contribution is -2.36. The van der Waals surface area contributed by atoms with Crippen LogP contribution < -0.4 is 10.2 Å². The van der Waals surface area contributed by atoms with Crippen LogP contribution in [0.4, 0.5) is 30.5 Å². The Hall–Kier alpha value is -1.45. The number of rotatable bonds is 5. The second-order valence-corrected chi connectivity index (χ2v) is 3.40. The van der Waals surface area contributed by atoms with Crippen molar-refractivity contribution in [2.24, 2.45) is 0 Å². The minimum Gasteiger partial charge on any atom is -0.491 e. The molecule has 0 spiro atoms. The first-order chi connectivity index (χ1) is 8.59. The van der Waals surface area contributed by atoms with Gasteiger partial charge in [0, 0.05) is 6.07 Å². The van der Waals surface area contributed by atoms with E-state index in [1.54, 1.807) is 0 Å². The van der Waals surface area contributed by atoms with E-state index in [4.69, 9.17) is 0 Å². The first-order valence-electron chi connectivity index (χ1n) is 4.92. The van der Waals surface area contributed by atoms with Crippen molar-refractivity contribution in [3.63, 3.8) is 0 Å². The summed E-state index contributed by atoms with van der Waals surface area (Å²) >= 11 is 0. The number of hydrogen-bond acceptors (Lipinski definition) is 2. The molecule has 108 valence electrons. The van der Waals surface area contributed by atoms with Crippen LogP contribution in [0, 0.1) is 5.82 Å². The van der Waals surface area contributed by atoms with Gasteiger partial charge in [0.05, 0.1) is 12.4 Å². The second kappa shape index (κ2) is 5.68. The van der Waals surface area contributed by atoms with Gasteiger partial charge in [0.15, 0.2) is 0 Å². The molecule has 0 bridgehead atoms. The zero-order valence-corrected chi connectivity index (χ0v) is 9.19. The van der Waals surface area contributed by atoms with Crippen molar-refractivity contribution < 1.29 is 40.0 Å². The number of hydrogen-bond donors (Lipinski definition) is 0. The zero-order valence-electron chi connectivity index (χ0n) is 9.19. The van der Waals surface area contributed by atoms with Gasteiger partial charge in [-0.2, -0.15) is 0 Å². The van der Waals surface area contributed by atoms with Crippen molar-refractivity contribution in [3.05, 3.63) is 24.0 Å². The normalized spacial score (nSPS) is 12.6. The molecule has 0 saturated heterocycles. The molecule has 19 heavy (non-hydrogen) atoms. The molecule has 0 radical (unpaired) electrons. The van der Waals surface area contributed by atoms with Crippen LogP contribution in [0.2, 0.25) is 0 Å². The van der Waals surface area contributed by atoms with Gasteiger partial charge in [0.25, 0.3) is 0 Å². The molecule has 0 aliphatic heterocycles. The monoisotopic (exact) mass is 291 g/mol. The molecule has 0 unspecified atom stereocenters. The highest BCUT2D eigenvalue weighted by Crippen LogP contribution is 2.18. The maximum atomic E-state index is 13.0. The maximum Gasteiger partial charge on any atom is 0.522 e. The predicted octanol–water partition coefficient (Wildman–Crippen LogP) is 2.80. The SMILES string of the molecule is Fc1cc(OCCOC(F)(F)F)ccc1[B-](F)(F)F. The van der Waals surface area contributed by atoms with Crippen LogP contribution in [0.3, 0.4) is 0 Å². The molecule has 1 aromatic rings. The molecule has 0 fully saturated rings. The third kappa shape index (κ3) is 5.37. The Kier molecular flexibility index (Phi) is 4.67. The second-order valence-electron chi connectivity index (χ2n) is 3.40. The van der Waals surface area contributed by atoms with Crippen molar-refractivity contribution in [1.82, 2.24) is 0 Å². The summed E-state index contributed by atoms with van der Waals surface area (Å²) in [4.78, 5) is 0. The molecule has 2 nitrogen and oxygen atoms in total. The Balaban J connectivity index is 2.55.